The van der Waals surface area contributed by atoms with E-state index in [-0.39, 0.29) is 6.17 Å². The van der Waals surface area contributed by atoms with Crippen LogP contribution in [0.3, 0.4) is 0 Å². The summed E-state index contributed by atoms with van der Waals surface area (Å²) in [6.45, 7) is 0.721. The molecule has 1 heterocycles. The van der Waals surface area contributed by atoms with Gasteiger partial charge in [-0.3, -0.25) is 9.89 Å². The van der Waals surface area contributed by atoms with Gasteiger partial charge in [-0.1, -0.05) is 0 Å². The van der Waals surface area contributed by atoms with E-state index in [1.54, 1.807) is 0 Å². The van der Waals surface area contributed by atoms with Crippen LogP contribution in [-0.4, -0.2) is 43.4 Å². The number of rotatable bonds is 13. The number of aliphatic imine (C=N–C) groups is 1. The first-order valence-electron chi connectivity index (χ1n) is 15.4. The Morgan fingerprint density at radius 1 is 0.727 bits per heavy atom. The van der Waals surface area contributed by atoms with Gasteiger partial charge in [0, 0.05) is 0 Å². The van der Waals surface area contributed by atoms with Gasteiger partial charge in [-0.2, -0.15) is 4.99 Å². The summed E-state index contributed by atoms with van der Waals surface area (Å²) >= 11 is 2.89. The van der Waals surface area contributed by atoms with Crippen molar-refractivity contribution in [2.45, 2.75) is 38.3 Å². The van der Waals surface area contributed by atoms with E-state index in [2.05, 4.69) is 129 Å². The third-order valence-corrected chi connectivity index (χ3v) is 20.0. The maximum absolute atomic E-state index is 6.08. The molecule has 0 amide bonds. The van der Waals surface area contributed by atoms with Gasteiger partial charge in [-0.05, 0) is 0 Å². The topological polar surface area (TPSA) is 74.7 Å². The van der Waals surface area contributed by atoms with Crippen molar-refractivity contribution in [2.24, 2.45) is 10.7 Å². The van der Waals surface area contributed by atoms with Gasteiger partial charge in [0.1, 0.15) is 0 Å². The first-order valence-corrected chi connectivity index (χ1v) is 20.6. The molecule has 0 fully saturated rings. The van der Waals surface area contributed by atoms with Crippen LogP contribution in [-0.2, 0) is 0 Å². The molecule has 5 rings (SSSR count). The van der Waals surface area contributed by atoms with Crippen LogP contribution in [0.15, 0.2) is 120 Å². The Balaban J connectivity index is 1.15. The predicted octanol–water partition coefficient (Wildman–Crippen LogP) is 6.03. The van der Waals surface area contributed by atoms with Gasteiger partial charge in [-0.25, -0.2) is 5.32 Å². The predicted molar refractivity (Wildman–Crippen MR) is 197 cm³/mol. The van der Waals surface area contributed by atoms with Crippen LogP contribution in [0.4, 0.5) is 0 Å². The second kappa shape index (κ2) is 14.6. The van der Waals surface area contributed by atoms with E-state index in [0.717, 1.165) is 42.9 Å². The van der Waals surface area contributed by atoms with Gasteiger partial charge < -0.3 is 5.73 Å². The van der Waals surface area contributed by atoms with Crippen molar-refractivity contribution in [1.82, 2.24) is 10.6 Å². The first kappa shape index (κ1) is 32.0. The van der Waals surface area contributed by atoms with Crippen molar-refractivity contribution in [2.75, 3.05) is 26.9 Å². The monoisotopic (exact) mass is 720 g/mol. The van der Waals surface area contributed by atoms with E-state index in [9.17, 15) is 0 Å². The minimum absolute atomic E-state index is 0.225. The zero-order valence-corrected chi connectivity index (χ0v) is 28.8. The summed E-state index contributed by atoms with van der Waals surface area (Å²) in [5, 5.41) is 10.8. The number of nitrogens with two attached hydrogens (primary N) is 1. The molecule has 6 nitrogen and oxygen atoms in total. The summed E-state index contributed by atoms with van der Waals surface area (Å²) in [5.41, 5.74) is 7.02. The molecule has 1 aliphatic heterocycles. The number of hydrogen-bond acceptors (Lipinski definition) is 3. The Morgan fingerprint density at radius 3 is 1.75 bits per heavy atom. The number of hydrogen-bond donors (Lipinski definition) is 3. The number of ether oxygens (including phenoxy) is 1. The summed E-state index contributed by atoms with van der Waals surface area (Å²) in [4.78, 5) is 4.48. The van der Waals surface area contributed by atoms with Crippen LogP contribution < -0.4 is 37.0 Å². The average Bonchev–Trinajstić information content (AvgIpc) is 3.07. The number of benzene rings is 4. The molecule has 1 aliphatic rings. The van der Waals surface area contributed by atoms with Gasteiger partial charge >= 0.3 is 224 Å². The van der Waals surface area contributed by atoms with Crippen LogP contribution in [0.1, 0.15) is 43.8 Å². The Hall–Kier alpha value is -3.42. The van der Waals surface area contributed by atoms with E-state index in [1.165, 1.54) is 35.2 Å². The molecule has 1 unspecified atom stereocenters. The molecule has 4 N–H and O–H groups in total. The molecular formula is C36H44IN5OP+. The number of nitrogens with zero attached hydrogens (tertiary/aromatic N) is 2. The summed E-state index contributed by atoms with van der Waals surface area (Å²) in [6.07, 6.45) is 6.74. The minimum atomic E-state index is -2.67. The number of nitrogens with one attached hydrogen (secondary N) is 2. The van der Waals surface area contributed by atoms with Crippen LogP contribution in [0.5, 0.6) is 5.75 Å². The molecular weight excluding hydrogens is 676 g/mol. The van der Waals surface area contributed by atoms with Crippen molar-refractivity contribution in [1.29, 1.82) is 0 Å². The van der Waals surface area contributed by atoms with Crippen LogP contribution in [0, 0.1) is 0 Å². The van der Waals surface area contributed by atoms with Gasteiger partial charge in [0.05, 0.1) is 14.1 Å². The van der Waals surface area contributed by atoms with Crippen LogP contribution >= 0.6 is 26.3 Å². The normalized spacial score (nSPS) is 15.7. The largest absolute Gasteiger partial charge is 0.251 e. The standard InChI is InChI=1S/C36H43IN5OP/c1-42(2)36-40-34(39-35(38)41-36)29-23-25-30(26-24-29)43-27-15-4-3-5-16-28-44(37,31-17-9-6-10-18-31,32-19-11-7-12-20-32)33-21-13-8-14-22-33/h6-14,17-26,34H,3-5,15-16,27-28H2,1-2H3,(H3,38,39,40,41)/p+1. The quantitative estimate of drug-likeness (QED) is 0.0684. The molecule has 8 heteroatoms. The second-order valence-electron chi connectivity index (χ2n) is 11.5. The van der Waals surface area contributed by atoms with Crippen LogP contribution in [0.2, 0.25) is 0 Å². The maximum Gasteiger partial charge on any atom is -0.251 e. The molecule has 0 radical (unpaired) electrons. The van der Waals surface area contributed by atoms with Gasteiger partial charge in [0.2, 0.25) is 0 Å². The van der Waals surface area contributed by atoms with Crippen molar-refractivity contribution in [3.8, 4) is 5.75 Å². The fraction of sp³-hybridized carbons (Fsp3) is 0.278. The van der Waals surface area contributed by atoms with Crippen molar-refractivity contribution in [3.05, 3.63) is 121 Å². The zero-order chi connectivity index (χ0) is 30.9. The Labute approximate surface area is 275 Å². The van der Waals surface area contributed by atoms with Gasteiger partial charge in [0.25, 0.3) is 5.96 Å². The number of guanidine groups is 2. The molecule has 230 valence electrons. The Bertz CT molecular complexity index is 1460. The molecule has 0 saturated carbocycles. The summed E-state index contributed by atoms with van der Waals surface area (Å²) < 4.78 is 5.35. The molecule has 0 spiro atoms. The van der Waals surface area contributed by atoms with Crippen molar-refractivity contribution in [3.63, 3.8) is 0 Å². The molecule has 44 heavy (non-hydrogen) atoms. The molecule has 1 atom stereocenters. The third kappa shape index (κ3) is 7.10. The molecule has 0 aromatic heterocycles. The fourth-order valence-electron chi connectivity index (χ4n) is 5.92. The van der Waals surface area contributed by atoms with E-state index in [1.807, 2.05) is 42.9 Å². The third-order valence-electron chi connectivity index (χ3n) is 8.31. The molecule has 0 saturated heterocycles. The van der Waals surface area contributed by atoms with E-state index < -0.39 is 4.25 Å². The Kier molecular flexibility index (Phi) is 10.6. The maximum atomic E-state index is 6.08. The number of halogens is 1. The first-order chi connectivity index (χ1) is 21.4. The van der Waals surface area contributed by atoms with Crippen LogP contribution in [0.25, 0.3) is 0 Å². The molecule has 0 bridgehead atoms. The zero-order valence-electron chi connectivity index (χ0n) is 25.7. The molecule has 4 aromatic rings. The molecule has 0 aliphatic carbocycles. The van der Waals surface area contributed by atoms with Crippen molar-refractivity contribution >= 4 is 54.1 Å². The number of unbranched alkanes of at least 4 members (excludes halogenated alkanes) is 4. The van der Waals surface area contributed by atoms with E-state index in [0.29, 0.717) is 5.96 Å². The van der Waals surface area contributed by atoms with E-state index in [4.69, 9.17) is 10.5 Å². The van der Waals surface area contributed by atoms with Gasteiger partial charge in [-0.15, -0.1) is 0 Å². The fourth-order valence-corrected chi connectivity index (χ4v) is 14.7. The van der Waals surface area contributed by atoms with E-state index >= 15 is 0 Å². The smallest absolute Gasteiger partial charge is 0.251 e. The van der Waals surface area contributed by atoms with Gasteiger partial charge in [0.15, 0.2) is 6.17 Å². The Morgan fingerprint density at radius 2 is 1.23 bits per heavy atom. The molecule has 4 aromatic carbocycles. The average molecular weight is 721 g/mol. The summed E-state index contributed by atoms with van der Waals surface area (Å²) in [7, 11) is 3.91. The van der Waals surface area contributed by atoms with Crippen molar-refractivity contribution < 1.29 is 9.31 Å². The second-order valence-corrected chi connectivity index (χ2v) is 22.3. The minimum Gasteiger partial charge on any atom is -0.251 e. The SMILES string of the molecule is C[N+](C)=C1NC(N)=NC(c2ccc(OCCCCCCCP(I)(c3ccccc3)(c3ccccc3)c3ccccc3)cc2)N1. The summed E-state index contributed by atoms with van der Waals surface area (Å²) in [6, 6.07) is 41.8. The summed E-state index contributed by atoms with van der Waals surface area (Å²) in [5.74, 6) is 2.11.